The second-order valence-electron chi connectivity index (χ2n) is 6.42. The average molecular weight is 322 g/mol. The SMILES string of the molecule is CCOCCCNCc1ccccc1OCC(=O)NC(C)(C)C. The first-order chi connectivity index (χ1) is 10.9. The van der Waals surface area contributed by atoms with E-state index in [0.717, 1.165) is 37.5 Å². The van der Waals surface area contributed by atoms with Crippen LogP contribution in [0.25, 0.3) is 0 Å². The predicted octanol–water partition coefficient (Wildman–Crippen LogP) is 2.50. The molecule has 0 aliphatic rings. The van der Waals surface area contributed by atoms with Crippen LogP contribution in [0.2, 0.25) is 0 Å². The molecule has 1 aromatic carbocycles. The fourth-order valence-electron chi connectivity index (χ4n) is 2.05. The van der Waals surface area contributed by atoms with Crippen LogP contribution in [0.3, 0.4) is 0 Å². The molecule has 5 heteroatoms. The van der Waals surface area contributed by atoms with Crippen molar-refractivity contribution in [2.75, 3.05) is 26.4 Å². The molecule has 0 aliphatic carbocycles. The summed E-state index contributed by atoms with van der Waals surface area (Å²) < 4.78 is 11.0. The van der Waals surface area contributed by atoms with Crippen LogP contribution in [0.15, 0.2) is 24.3 Å². The largest absolute Gasteiger partial charge is 0.483 e. The number of nitrogens with one attached hydrogen (secondary N) is 2. The van der Waals surface area contributed by atoms with E-state index in [4.69, 9.17) is 9.47 Å². The molecule has 0 spiro atoms. The first-order valence-electron chi connectivity index (χ1n) is 8.22. The lowest BCUT2D eigenvalue weighted by atomic mass is 10.1. The lowest BCUT2D eigenvalue weighted by molar-refractivity contribution is -0.124. The Balaban J connectivity index is 2.40. The fourth-order valence-corrected chi connectivity index (χ4v) is 2.05. The molecule has 0 fully saturated rings. The van der Waals surface area contributed by atoms with E-state index >= 15 is 0 Å². The summed E-state index contributed by atoms with van der Waals surface area (Å²) in [5.41, 5.74) is 0.801. The van der Waals surface area contributed by atoms with Crippen LogP contribution in [0.1, 0.15) is 39.7 Å². The van der Waals surface area contributed by atoms with Crippen molar-refractivity contribution in [2.24, 2.45) is 0 Å². The maximum atomic E-state index is 11.8. The van der Waals surface area contributed by atoms with Gasteiger partial charge in [0.15, 0.2) is 6.61 Å². The van der Waals surface area contributed by atoms with Gasteiger partial charge in [-0.15, -0.1) is 0 Å². The molecule has 1 amide bonds. The Morgan fingerprint density at radius 2 is 1.96 bits per heavy atom. The van der Waals surface area contributed by atoms with Gasteiger partial charge in [0.1, 0.15) is 5.75 Å². The molecule has 0 radical (unpaired) electrons. The molecule has 0 aromatic heterocycles. The number of hydrogen-bond acceptors (Lipinski definition) is 4. The van der Waals surface area contributed by atoms with Crippen molar-refractivity contribution in [3.63, 3.8) is 0 Å². The van der Waals surface area contributed by atoms with Crippen molar-refractivity contribution in [3.8, 4) is 5.75 Å². The molecule has 130 valence electrons. The number of ether oxygens (including phenoxy) is 2. The van der Waals surface area contributed by atoms with Crippen molar-refractivity contribution < 1.29 is 14.3 Å². The highest BCUT2D eigenvalue weighted by molar-refractivity contribution is 5.78. The molecule has 0 bridgehead atoms. The molecule has 1 rings (SSSR count). The van der Waals surface area contributed by atoms with Gasteiger partial charge in [-0.25, -0.2) is 0 Å². The van der Waals surface area contributed by atoms with Crippen molar-refractivity contribution in [3.05, 3.63) is 29.8 Å². The third-order valence-electron chi connectivity index (χ3n) is 3.01. The monoisotopic (exact) mass is 322 g/mol. The molecule has 0 unspecified atom stereocenters. The molecule has 0 saturated heterocycles. The first kappa shape index (κ1) is 19.5. The summed E-state index contributed by atoms with van der Waals surface area (Å²) in [4.78, 5) is 11.8. The van der Waals surface area contributed by atoms with Crippen LogP contribution in [-0.2, 0) is 16.1 Å². The highest BCUT2D eigenvalue weighted by Crippen LogP contribution is 2.17. The fraction of sp³-hybridized carbons (Fsp3) is 0.611. The second kappa shape index (κ2) is 10.2. The molecule has 23 heavy (non-hydrogen) atoms. The molecule has 1 aromatic rings. The Hall–Kier alpha value is -1.59. The van der Waals surface area contributed by atoms with Crippen molar-refractivity contribution in [1.29, 1.82) is 0 Å². The molecule has 2 N–H and O–H groups in total. The van der Waals surface area contributed by atoms with Crippen LogP contribution < -0.4 is 15.4 Å². The number of hydrogen-bond donors (Lipinski definition) is 2. The molecule has 0 heterocycles. The van der Waals surface area contributed by atoms with Crippen molar-refractivity contribution in [1.82, 2.24) is 10.6 Å². The first-order valence-corrected chi connectivity index (χ1v) is 8.22. The van der Waals surface area contributed by atoms with E-state index in [1.165, 1.54) is 0 Å². The van der Waals surface area contributed by atoms with Gasteiger partial charge in [0.05, 0.1) is 0 Å². The summed E-state index contributed by atoms with van der Waals surface area (Å²) >= 11 is 0. The van der Waals surface area contributed by atoms with Crippen molar-refractivity contribution in [2.45, 2.75) is 46.2 Å². The lowest BCUT2D eigenvalue weighted by Gasteiger charge is -2.20. The number of rotatable bonds is 10. The van der Waals surface area contributed by atoms with Gasteiger partial charge in [0.25, 0.3) is 5.91 Å². The van der Waals surface area contributed by atoms with E-state index in [-0.39, 0.29) is 18.1 Å². The minimum atomic E-state index is -0.248. The number of carbonyl (C=O) groups is 1. The van der Waals surface area contributed by atoms with Gasteiger partial charge < -0.3 is 20.1 Å². The normalized spacial score (nSPS) is 11.3. The lowest BCUT2D eigenvalue weighted by Crippen LogP contribution is -2.43. The summed E-state index contributed by atoms with van der Waals surface area (Å²) in [6.45, 7) is 11.0. The maximum Gasteiger partial charge on any atom is 0.258 e. The van der Waals surface area contributed by atoms with E-state index < -0.39 is 0 Å². The maximum absolute atomic E-state index is 11.8. The molecule has 5 nitrogen and oxygen atoms in total. The quantitative estimate of drug-likeness (QED) is 0.650. The average Bonchev–Trinajstić information content (AvgIpc) is 2.48. The van der Waals surface area contributed by atoms with Gasteiger partial charge >= 0.3 is 0 Å². The summed E-state index contributed by atoms with van der Waals surface area (Å²) in [5.74, 6) is 0.630. The number of benzene rings is 1. The Kier molecular flexibility index (Phi) is 8.66. The molecular formula is C18H30N2O3. The van der Waals surface area contributed by atoms with E-state index in [0.29, 0.717) is 6.54 Å². The molecular weight excluding hydrogens is 292 g/mol. The third kappa shape index (κ3) is 9.21. The van der Waals surface area contributed by atoms with Crippen molar-refractivity contribution >= 4 is 5.91 Å². The van der Waals surface area contributed by atoms with E-state index in [2.05, 4.69) is 10.6 Å². The van der Waals surface area contributed by atoms with Gasteiger partial charge in [-0.1, -0.05) is 18.2 Å². The van der Waals surface area contributed by atoms with Crippen LogP contribution in [-0.4, -0.2) is 37.8 Å². The summed E-state index contributed by atoms with van der Waals surface area (Å²) in [6.07, 6.45) is 0.977. The Bertz CT molecular complexity index is 470. The number of amides is 1. The van der Waals surface area contributed by atoms with Crippen LogP contribution in [0, 0.1) is 0 Å². The highest BCUT2D eigenvalue weighted by Gasteiger charge is 2.14. The van der Waals surface area contributed by atoms with Gasteiger partial charge in [-0.2, -0.15) is 0 Å². The van der Waals surface area contributed by atoms with Gasteiger partial charge in [0.2, 0.25) is 0 Å². The van der Waals surface area contributed by atoms with E-state index in [9.17, 15) is 4.79 Å². The van der Waals surface area contributed by atoms with E-state index in [1.54, 1.807) is 0 Å². The summed E-state index contributed by atoms with van der Waals surface area (Å²) in [7, 11) is 0. The molecule has 0 aliphatic heterocycles. The van der Waals surface area contributed by atoms with Crippen LogP contribution in [0.4, 0.5) is 0 Å². The summed E-state index contributed by atoms with van der Waals surface area (Å²) in [6, 6.07) is 7.78. The topological polar surface area (TPSA) is 59.6 Å². The zero-order valence-electron chi connectivity index (χ0n) is 14.8. The predicted molar refractivity (Wildman–Crippen MR) is 92.6 cm³/mol. The number of para-hydroxylation sites is 1. The Labute approximate surface area is 139 Å². The number of carbonyl (C=O) groups excluding carboxylic acids is 1. The van der Waals surface area contributed by atoms with Crippen LogP contribution >= 0.6 is 0 Å². The smallest absolute Gasteiger partial charge is 0.258 e. The zero-order valence-corrected chi connectivity index (χ0v) is 14.8. The Morgan fingerprint density at radius 1 is 1.22 bits per heavy atom. The van der Waals surface area contributed by atoms with Crippen LogP contribution in [0.5, 0.6) is 5.75 Å². The third-order valence-corrected chi connectivity index (χ3v) is 3.01. The van der Waals surface area contributed by atoms with Gasteiger partial charge in [-0.05, 0) is 46.7 Å². The zero-order chi connectivity index (χ0) is 17.1. The minimum Gasteiger partial charge on any atom is -0.483 e. The van der Waals surface area contributed by atoms with E-state index in [1.807, 2.05) is 52.0 Å². The van der Waals surface area contributed by atoms with Gasteiger partial charge in [-0.3, -0.25) is 4.79 Å². The Morgan fingerprint density at radius 3 is 2.65 bits per heavy atom. The molecule has 0 saturated carbocycles. The highest BCUT2D eigenvalue weighted by atomic mass is 16.5. The molecule has 0 atom stereocenters. The van der Waals surface area contributed by atoms with Gasteiger partial charge in [0, 0.05) is 30.9 Å². The minimum absolute atomic E-state index is 0.0264. The summed E-state index contributed by atoms with van der Waals surface area (Å²) in [5, 5.41) is 6.25. The second-order valence-corrected chi connectivity index (χ2v) is 6.42. The standard InChI is InChI=1S/C18H30N2O3/c1-5-22-12-8-11-19-13-15-9-6-7-10-16(15)23-14-17(21)20-18(2,3)4/h6-7,9-10,19H,5,8,11-14H2,1-4H3,(H,20,21).